The molecular weight excluding hydrogens is 654 g/mol. The van der Waals surface area contributed by atoms with E-state index in [1.54, 1.807) is 0 Å². The maximum Gasteiger partial charge on any atom is 0.305 e. The van der Waals surface area contributed by atoms with Crippen molar-refractivity contribution in [2.75, 3.05) is 20.8 Å². The van der Waals surface area contributed by atoms with Gasteiger partial charge in [-0.2, -0.15) is 0 Å². The second-order valence-electron chi connectivity index (χ2n) is 17.8. The molecule has 0 saturated heterocycles. The normalized spacial score (nSPS) is 37.7. The fraction of sp³-hybridized carbons (Fsp3) is 0.900. The van der Waals surface area contributed by atoms with Gasteiger partial charge in [-0.25, -0.2) is 0 Å². The van der Waals surface area contributed by atoms with Crippen LogP contribution >= 0.6 is 0 Å². The Hall–Kier alpha value is -2.24. The number of ether oxygens (including phenoxy) is 5. The van der Waals surface area contributed by atoms with E-state index in [4.69, 9.17) is 23.7 Å². The highest BCUT2D eigenvalue weighted by Crippen LogP contribution is 2.76. The first-order valence-electron chi connectivity index (χ1n) is 19.2. The standard InChI is InChI=1S/C40H67NO10/c1-24(42)49-29-23-31-37(6)19-17-32(50-25(2)43)36(4,5)30(37)16-21-38(31,7)39(8)20-15-27(34(29)39)40(9,51-26(3)44)18-12-22-41-28(35(46)48-11)13-14-33(45)47-10/h27-32,34-35,41,46H,12-23H2,1-11H3/t27?,28-,29?,30?,31?,32-,34-,35?,37-,38+,39+,40?/m0/s1. The lowest BCUT2D eigenvalue weighted by Crippen LogP contribution is -2.67. The van der Waals surface area contributed by atoms with E-state index in [9.17, 15) is 24.3 Å². The molecule has 0 aromatic carbocycles. The van der Waals surface area contributed by atoms with Crippen LogP contribution in [0.5, 0.6) is 0 Å². The lowest BCUT2D eigenvalue weighted by atomic mass is 9.35. The van der Waals surface area contributed by atoms with Crippen molar-refractivity contribution in [1.82, 2.24) is 5.32 Å². The molecule has 2 N–H and O–H groups in total. The molecule has 6 unspecified atom stereocenters. The first kappa shape index (κ1) is 41.5. The van der Waals surface area contributed by atoms with Crippen LogP contribution < -0.4 is 5.32 Å². The number of fused-ring (bicyclic) bond motifs is 5. The fourth-order valence-electron chi connectivity index (χ4n) is 12.4. The molecule has 11 heteroatoms. The number of hydrogen-bond donors (Lipinski definition) is 2. The topological polar surface area (TPSA) is 147 Å². The smallest absolute Gasteiger partial charge is 0.305 e. The molecule has 0 spiro atoms. The molecule has 4 fully saturated rings. The molecule has 4 saturated carbocycles. The number of methoxy groups -OCH3 is 2. The van der Waals surface area contributed by atoms with Crippen molar-refractivity contribution in [1.29, 1.82) is 0 Å². The van der Waals surface area contributed by atoms with Crippen LogP contribution in [0.3, 0.4) is 0 Å². The van der Waals surface area contributed by atoms with E-state index in [0.29, 0.717) is 37.6 Å². The summed E-state index contributed by atoms with van der Waals surface area (Å²) in [6.45, 7) is 18.9. The highest BCUT2D eigenvalue weighted by molar-refractivity contribution is 5.69. The van der Waals surface area contributed by atoms with E-state index < -0.39 is 17.9 Å². The monoisotopic (exact) mass is 721 g/mol. The van der Waals surface area contributed by atoms with Crippen LogP contribution in [0.25, 0.3) is 0 Å². The molecule has 292 valence electrons. The zero-order chi connectivity index (χ0) is 38.2. The highest BCUT2D eigenvalue weighted by atomic mass is 16.6. The molecule has 0 aromatic heterocycles. The molecule has 4 aliphatic rings. The van der Waals surface area contributed by atoms with Gasteiger partial charge in [-0.3, -0.25) is 19.2 Å². The number of aliphatic hydroxyl groups excluding tert-OH is 1. The summed E-state index contributed by atoms with van der Waals surface area (Å²) >= 11 is 0. The van der Waals surface area contributed by atoms with E-state index in [1.165, 1.54) is 35.0 Å². The van der Waals surface area contributed by atoms with Gasteiger partial charge >= 0.3 is 23.9 Å². The number of carbonyl (C=O) groups is 4. The van der Waals surface area contributed by atoms with Gasteiger partial charge in [0.25, 0.3) is 0 Å². The first-order valence-corrected chi connectivity index (χ1v) is 19.2. The Morgan fingerprint density at radius 2 is 1.51 bits per heavy atom. The minimum absolute atomic E-state index is 0.00590. The van der Waals surface area contributed by atoms with E-state index in [1.807, 2.05) is 6.92 Å². The lowest BCUT2D eigenvalue weighted by Gasteiger charge is -2.70. The largest absolute Gasteiger partial charge is 0.469 e. The number of esters is 4. The second kappa shape index (κ2) is 15.6. The molecule has 0 aliphatic heterocycles. The summed E-state index contributed by atoms with van der Waals surface area (Å²) in [7, 11) is 2.76. The summed E-state index contributed by atoms with van der Waals surface area (Å²) < 4.78 is 28.5. The van der Waals surface area contributed by atoms with Crippen LogP contribution in [0, 0.1) is 45.3 Å². The summed E-state index contributed by atoms with van der Waals surface area (Å²) in [6.07, 6.45) is 6.55. The van der Waals surface area contributed by atoms with Crippen LogP contribution in [0.4, 0.5) is 0 Å². The third-order valence-corrected chi connectivity index (χ3v) is 14.8. The lowest BCUT2D eigenvalue weighted by molar-refractivity contribution is -0.253. The van der Waals surface area contributed by atoms with Crippen molar-refractivity contribution >= 4 is 23.9 Å². The zero-order valence-corrected chi connectivity index (χ0v) is 33.2. The third kappa shape index (κ3) is 7.87. The quantitative estimate of drug-likeness (QED) is 0.0926. The first-order chi connectivity index (χ1) is 23.7. The molecule has 0 heterocycles. The van der Waals surface area contributed by atoms with Crippen LogP contribution in [0.2, 0.25) is 0 Å². The van der Waals surface area contributed by atoms with Crippen molar-refractivity contribution in [3.05, 3.63) is 0 Å². The predicted molar refractivity (Wildman–Crippen MR) is 191 cm³/mol. The minimum Gasteiger partial charge on any atom is -0.469 e. The minimum atomic E-state index is -1.09. The molecular formula is C40H67NO10. The van der Waals surface area contributed by atoms with Crippen LogP contribution in [0.1, 0.15) is 133 Å². The summed E-state index contributed by atoms with van der Waals surface area (Å²) in [5, 5.41) is 13.8. The van der Waals surface area contributed by atoms with Gasteiger partial charge < -0.3 is 34.1 Å². The van der Waals surface area contributed by atoms with Gasteiger partial charge in [0.15, 0.2) is 6.29 Å². The Balaban J connectivity index is 1.62. The molecule has 11 nitrogen and oxygen atoms in total. The number of carbonyl (C=O) groups excluding carboxylic acids is 4. The summed E-state index contributed by atoms with van der Waals surface area (Å²) in [5.41, 5.74) is -1.25. The van der Waals surface area contributed by atoms with Gasteiger partial charge in [0.1, 0.15) is 17.8 Å². The van der Waals surface area contributed by atoms with Gasteiger partial charge in [0, 0.05) is 51.6 Å². The average molecular weight is 722 g/mol. The van der Waals surface area contributed by atoms with Gasteiger partial charge in [0.05, 0.1) is 13.2 Å². The molecule has 51 heavy (non-hydrogen) atoms. The summed E-state index contributed by atoms with van der Waals surface area (Å²) in [5.74, 6) is -0.608. The Morgan fingerprint density at radius 1 is 0.863 bits per heavy atom. The van der Waals surface area contributed by atoms with Crippen LogP contribution in [-0.2, 0) is 42.9 Å². The molecule has 4 aliphatic carbocycles. The van der Waals surface area contributed by atoms with E-state index in [-0.39, 0.29) is 76.0 Å². The molecule has 0 bridgehead atoms. The van der Waals surface area contributed by atoms with Crippen molar-refractivity contribution in [3.63, 3.8) is 0 Å². The number of aliphatic hydroxyl groups is 1. The van der Waals surface area contributed by atoms with Crippen LogP contribution in [0.15, 0.2) is 0 Å². The zero-order valence-electron chi connectivity index (χ0n) is 33.2. The highest BCUT2D eigenvalue weighted by Gasteiger charge is 2.72. The van der Waals surface area contributed by atoms with Crippen LogP contribution in [-0.4, -0.2) is 79.9 Å². The average Bonchev–Trinajstić information content (AvgIpc) is 3.42. The predicted octanol–water partition coefficient (Wildman–Crippen LogP) is 6.12. The molecule has 12 atom stereocenters. The molecule has 0 aromatic rings. The molecule has 0 amide bonds. The summed E-state index contributed by atoms with van der Waals surface area (Å²) in [4.78, 5) is 49.5. The third-order valence-electron chi connectivity index (χ3n) is 14.8. The van der Waals surface area contributed by atoms with E-state index in [2.05, 4.69) is 39.9 Å². The number of hydrogen-bond acceptors (Lipinski definition) is 11. The maximum atomic E-state index is 12.8. The number of nitrogens with one attached hydrogen (secondary N) is 1. The maximum absolute atomic E-state index is 12.8. The van der Waals surface area contributed by atoms with E-state index in [0.717, 1.165) is 44.9 Å². The SMILES string of the molecule is COC(=O)CC[C@H](NCCCC(C)(OC(C)=O)C1CC[C@]2(C)[C@@H]1C(OC(C)=O)CC1[C@@]3(C)CC[C@H](OC(C)=O)C(C)(C)C3CC[C@]12C)C(O)OC. The van der Waals surface area contributed by atoms with Crippen molar-refractivity contribution in [2.45, 2.75) is 163 Å². The van der Waals surface area contributed by atoms with Gasteiger partial charge in [-0.1, -0.05) is 34.6 Å². The van der Waals surface area contributed by atoms with Gasteiger partial charge in [-0.05, 0) is 106 Å². The van der Waals surface area contributed by atoms with E-state index >= 15 is 0 Å². The Bertz CT molecular complexity index is 1290. The van der Waals surface area contributed by atoms with Crippen molar-refractivity contribution in [3.8, 4) is 0 Å². The Labute approximate surface area is 306 Å². The molecule has 0 radical (unpaired) electrons. The van der Waals surface area contributed by atoms with Crippen molar-refractivity contribution in [2.24, 2.45) is 45.3 Å². The van der Waals surface area contributed by atoms with Gasteiger partial charge in [0.2, 0.25) is 0 Å². The molecule has 4 rings (SSSR count). The Kier molecular flexibility index (Phi) is 12.7. The second-order valence-corrected chi connectivity index (χ2v) is 17.8. The van der Waals surface area contributed by atoms with Crippen molar-refractivity contribution < 1.29 is 48.0 Å². The number of rotatable bonds is 14. The summed E-state index contributed by atoms with van der Waals surface area (Å²) in [6, 6.07) is -0.474. The van der Waals surface area contributed by atoms with Gasteiger partial charge in [-0.15, -0.1) is 0 Å². The fourth-order valence-corrected chi connectivity index (χ4v) is 12.4. The Morgan fingerprint density at radius 3 is 2.10 bits per heavy atom.